The molecule has 0 radical (unpaired) electrons. The van der Waals surface area contributed by atoms with E-state index in [4.69, 9.17) is 4.74 Å². The number of allylic oxidation sites excluding steroid dienone is 3. The fraction of sp³-hybridized carbons (Fsp3) is 0.692. The molecule has 2 atom stereocenters. The molecule has 1 nitrogen and oxygen atoms in total. The third-order valence-electron chi connectivity index (χ3n) is 4.00. The van der Waals surface area contributed by atoms with E-state index in [9.17, 15) is 0 Å². The third kappa shape index (κ3) is 1.22. The van der Waals surface area contributed by atoms with E-state index in [1.807, 2.05) is 13.2 Å². The van der Waals surface area contributed by atoms with Crippen molar-refractivity contribution in [3.8, 4) is 0 Å². The highest BCUT2D eigenvalue weighted by Gasteiger charge is 2.52. The molecule has 0 aliphatic heterocycles. The molecule has 0 aromatic rings. The predicted octanol–water partition coefficient (Wildman–Crippen LogP) is 3.53. The summed E-state index contributed by atoms with van der Waals surface area (Å²) in [6, 6.07) is 0. The van der Waals surface area contributed by atoms with Gasteiger partial charge in [0.05, 0.1) is 12.9 Å². The summed E-state index contributed by atoms with van der Waals surface area (Å²) >= 11 is 0. The lowest BCUT2D eigenvalue weighted by Crippen LogP contribution is -2.48. The van der Waals surface area contributed by atoms with Crippen molar-refractivity contribution in [1.29, 1.82) is 0 Å². The number of hydrogen-bond acceptors (Lipinski definition) is 1. The Morgan fingerprint density at radius 3 is 2.71 bits per heavy atom. The van der Waals surface area contributed by atoms with Crippen LogP contribution in [0.2, 0.25) is 0 Å². The highest BCUT2D eigenvalue weighted by Crippen LogP contribution is 2.60. The van der Waals surface area contributed by atoms with E-state index in [0.29, 0.717) is 5.41 Å². The molecule has 1 fully saturated rings. The largest absolute Gasteiger partial charge is 0.501 e. The van der Waals surface area contributed by atoms with Gasteiger partial charge in [0.15, 0.2) is 0 Å². The summed E-state index contributed by atoms with van der Waals surface area (Å²) in [7, 11) is 0. The fourth-order valence-corrected chi connectivity index (χ4v) is 3.02. The summed E-state index contributed by atoms with van der Waals surface area (Å²) in [5.74, 6) is 1.54. The van der Waals surface area contributed by atoms with E-state index in [2.05, 4.69) is 26.8 Å². The van der Waals surface area contributed by atoms with Crippen molar-refractivity contribution in [2.24, 2.45) is 17.3 Å². The van der Waals surface area contributed by atoms with Crippen LogP contribution in [-0.2, 0) is 4.74 Å². The lowest BCUT2D eigenvalue weighted by atomic mass is 9.48. The topological polar surface area (TPSA) is 9.23 Å². The molecule has 2 bridgehead atoms. The first kappa shape index (κ1) is 9.82. The maximum absolute atomic E-state index is 5.40. The molecule has 0 aromatic heterocycles. The molecule has 3 rings (SSSR count). The molecule has 1 saturated carbocycles. The summed E-state index contributed by atoms with van der Waals surface area (Å²) < 4.78 is 5.40. The van der Waals surface area contributed by atoms with Crippen LogP contribution in [0.1, 0.15) is 34.1 Å². The fourth-order valence-electron chi connectivity index (χ4n) is 3.02. The molecule has 3 aliphatic rings. The second-order valence-electron chi connectivity index (χ2n) is 5.12. The molecule has 0 unspecified atom stereocenters. The van der Waals surface area contributed by atoms with Crippen LogP contribution in [0.3, 0.4) is 0 Å². The van der Waals surface area contributed by atoms with E-state index >= 15 is 0 Å². The van der Waals surface area contributed by atoms with Crippen molar-refractivity contribution < 1.29 is 4.74 Å². The summed E-state index contributed by atoms with van der Waals surface area (Å²) in [4.78, 5) is 0. The lowest BCUT2D eigenvalue weighted by molar-refractivity contribution is 0.0212. The lowest BCUT2D eigenvalue weighted by Gasteiger charge is -2.56. The number of rotatable bonds is 2. The van der Waals surface area contributed by atoms with Crippen molar-refractivity contribution in [3.05, 3.63) is 23.5 Å². The molecular weight excluding hydrogens is 172 g/mol. The monoisotopic (exact) mass is 192 g/mol. The molecule has 0 spiro atoms. The van der Waals surface area contributed by atoms with E-state index in [1.165, 1.54) is 17.6 Å². The maximum atomic E-state index is 5.40. The second-order valence-corrected chi connectivity index (χ2v) is 5.12. The Kier molecular flexibility index (Phi) is 2.21. The number of fused-ring (bicyclic) bond motifs is 1. The van der Waals surface area contributed by atoms with Crippen LogP contribution >= 0.6 is 0 Å². The van der Waals surface area contributed by atoms with Gasteiger partial charge >= 0.3 is 0 Å². The standard InChI is InChI=1S/C13H20O/c1-5-14-8-10-6-9(2)11-7-12(10)13(11,3)4/h6,8,11-12H,5,7H2,1-4H3/b10-8-/t11-,12+/m1/s1. The Morgan fingerprint density at radius 2 is 2.21 bits per heavy atom. The average Bonchev–Trinajstić information content (AvgIpc) is 2.13. The van der Waals surface area contributed by atoms with Crippen LogP contribution in [0.5, 0.6) is 0 Å². The molecule has 0 amide bonds. The van der Waals surface area contributed by atoms with Crippen molar-refractivity contribution in [1.82, 2.24) is 0 Å². The van der Waals surface area contributed by atoms with Gasteiger partial charge in [0.25, 0.3) is 0 Å². The maximum Gasteiger partial charge on any atom is 0.0863 e. The van der Waals surface area contributed by atoms with Crippen LogP contribution < -0.4 is 0 Å². The molecule has 14 heavy (non-hydrogen) atoms. The first-order valence-electron chi connectivity index (χ1n) is 5.57. The van der Waals surface area contributed by atoms with Gasteiger partial charge in [0.1, 0.15) is 0 Å². The molecule has 1 heteroatoms. The quantitative estimate of drug-likeness (QED) is 0.608. The number of ether oxygens (including phenoxy) is 1. The summed E-state index contributed by atoms with van der Waals surface area (Å²) in [5, 5.41) is 0. The molecular formula is C13H20O. The first-order valence-corrected chi connectivity index (χ1v) is 5.57. The van der Waals surface area contributed by atoms with Gasteiger partial charge in [-0.15, -0.1) is 0 Å². The summed E-state index contributed by atoms with van der Waals surface area (Å²) in [6.45, 7) is 9.81. The zero-order valence-corrected chi connectivity index (χ0v) is 9.63. The van der Waals surface area contributed by atoms with Crippen molar-refractivity contribution >= 4 is 0 Å². The van der Waals surface area contributed by atoms with Crippen molar-refractivity contribution in [3.63, 3.8) is 0 Å². The normalized spacial score (nSPS) is 36.3. The van der Waals surface area contributed by atoms with E-state index in [0.717, 1.165) is 18.4 Å². The number of hydrogen-bond donors (Lipinski definition) is 0. The smallest absolute Gasteiger partial charge is 0.0863 e. The first-order chi connectivity index (χ1) is 6.57. The predicted molar refractivity (Wildman–Crippen MR) is 58.8 cm³/mol. The zero-order chi connectivity index (χ0) is 10.3. The van der Waals surface area contributed by atoms with Gasteiger partial charge in [-0.3, -0.25) is 0 Å². The van der Waals surface area contributed by atoms with Crippen LogP contribution in [0.4, 0.5) is 0 Å². The summed E-state index contributed by atoms with van der Waals surface area (Å²) in [5.41, 5.74) is 3.39. The molecule has 78 valence electrons. The van der Waals surface area contributed by atoms with Gasteiger partial charge in [0.2, 0.25) is 0 Å². The third-order valence-corrected chi connectivity index (χ3v) is 4.00. The second kappa shape index (κ2) is 3.15. The van der Waals surface area contributed by atoms with Gasteiger partial charge < -0.3 is 4.74 Å². The van der Waals surface area contributed by atoms with E-state index < -0.39 is 0 Å². The van der Waals surface area contributed by atoms with Crippen LogP contribution in [0, 0.1) is 17.3 Å². The minimum Gasteiger partial charge on any atom is -0.501 e. The Hall–Kier alpha value is -0.720. The minimum atomic E-state index is 0.460. The molecule has 3 aliphatic carbocycles. The summed E-state index contributed by atoms with van der Waals surface area (Å²) in [6.07, 6.45) is 5.61. The van der Waals surface area contributed by atoms with E-state index in [1.54, 1.807) is 0 Å². The van der Waals surface area contributed by atoms with Gasteiger partial charge in [-0.2, -0.15) is 0 Å². The molecule has 0 N–H and O–H groups in total. The Morgan fingerprint density at radius 1 is 1.50 bits per heavy atom. The Bertz CT molecular complexity index is 296. The zero-order valence-electron chi connectivity index (χ0n) is 9.63. The van der Waals surface area contributed by atoms with Gasteiger partial charge in [-0.1, -0.05) is 25.5 Å². The molecule has 0 aromatic carbocycles. The Labute approximate surface area is 86.8 Å². The van der Waals surface area contributed by atoms with Gasteiger partial charge in [-0.05, 0) is 43.1 Å². The van der Waals surface area contributed by atoms with Gasteiger partial charge in [0, 0.05) is 0 Å². The van der Waals surface area contributed by atoms with Gasteiger partial charge in [-0.25, -0.2) is 0 Å². The molecule has 0 heterocycles. The molecule has 0 saturated heterocycles. The average molecular weight is 192 g/mol. The SMILES string of the molecule is CCO/C=C1/C=C(C)[C@H]2C[C@@H]1C2(C)C. The van der Waals surface area contributed by atoms with Crippen LogP contribution in [-0.4, -0.2) is 6.61 Å². The van der Waals surface area contributed by atoms with Crippen LogP contribution in [0.15, 0.2) is 23.5 Å². The Balaban J connectivity index is 2.25. The van der Waals surface area contributed by atoms with Crippen LogP contribution in [0.25, 0.3) is 0 Å². The van der Waals surface area contributed by atoms with Crippen molar-refractivity contribution in [2.75, 3.05) is 6.61 Å². The minimum absolute atomic E-state index is 0.460. The highest BCUT2D eigenvalue weighted by molar-refractivity contribution is 5.38. The van der Waals surface area contributed by atoms with Crippen molar-refractivity contribution in [2.45, 2.75) is 34.1 Å². The highest BCUT2D eigenvalue weighted by atomic mass is 16.5. The van der Waals surface area contributed by atoms with E-state index in [-0.39, 0.29) is 0 Å².